The molecule has 1 heteroatoms. The van der Waals surface area contributed by atoms with Crippen molar-refractivity contribution in [3.63, 3.8) is 0 Å². The Labute approximate surface area is 119 Å². The molecule has 0 unspecified atom stereocenters. The summed E-state index contributed by atoms with van der Waals surface area (Å²) in [5.74, 6) is 1.57. The van der Waals surface area contributed by atoms with E-state index in [1.54, 1.807) is 0 Å². The van der Waals surface area contributed by atoms with Crippen molar-refractivity contribution < 1.29 is 5.11 Å². The Morgan fingerprint density at radius 3 is 1.95 bits per heavy atom. The second-order valence-corrected chi connectivity index (χ2v) is 7.94. The Bertz CT molecular complexity index is 285. The van der Waals surface area contributed by atoms with Crippen LogP contribution in [0.2, 0.25) is 0 Å². The first-order chi connectivity index (χ1) is 9.16. The van der Waals surface area contributed by atoms with E-state index in [0.717, 1.165) is 18.8 Å². The molecule has 0 heterocycles. The molecule has 0 radical (unpaired) electrons. The minimum absolute atomic E-state index is 0.285. The first-order valence-corrected chi connectivity index (χ1v) is 8.88. The lowest BCUT2D eigenvalue weighted by Gasteiger charge is -2.47. The van der Waals surface area contributed by atoms with Crippen LogP contribution < -0.4 is 0 Å². The molecule has 0 bridgehead atoms. The van der Waals surface area contributed by atoms with E-state index >= 15 is 0 Å². The molecule has 1 nitrogen and oxygen atoms in total. The van der Waals surface area contributed by atoms with Gasteiger partial charge in [0.2, 0.25) is 0 Å². The molecule has 3 fully saturated rings. The zero-order valence-corrected chi connectivity index (χ0v) is 12.8. The number of aliphatic hydroxyl groups is 1. The molecule has 3 aliphatic rings. The van der Waals surface area contributed by atoms with E-state index in [1.807, 2.05) is 0 Å². The van der Waals surface area contributed by atoms with Gasteiger partial charge in [-0.15, -0.1) is 0 Å². The average molecular weight is 264 g/mol. The Morgan fingerprint density at radius 2 is 1.42 bits per heavy atom. The fraction of sp³-hybridized carbons (Fsp3) is 1.00. The molecule has 110 valence electrons. The van der Waals surface area contributed by atoms with Gasteiger partial charge in [-0.2, -0.15) is 0 Å². The van der Waals surface area contributed by atoms with Crippen LogP contribution in [0.1, 0.15) is 90.4 Å². The smallest absolute Gasteiger partial charge is 0.0676 e. The summed E-state index contributed by atoms with van der Waals surface area (Å²) in [5.41, 5.74) is 0.374. The van der Waals surface area contributed by atoms with Crippen LogP contribution in [0.15, 0.2) is 0 Å². The van der Waals surface area contributed by atoms with Crippen molar-refractivity contribution >= 4 is 0 Å². The lowest BCUT2D eigenvalue weighted by molar-refractivity contribution is -0.0894. The molecule has 3 saturated carbocycles. The molecule has 0 aromatic rings. The van der Waals surface area contributed by atoms with Crippen molar-refractivity contribution in [2.75, 3.05) is 0 Å². The maximum atomic E-state index is 11.1. The minimum Gasteiger partial charge on any atom is -0.390 e. The number of hydrogen-bond acceptors (Lipinski definition) is 1. The fourth-order valence-corrected chi connectivity index (χ4v) is 5.35. The van der Waals surface area contributed by atoms with E-state index in [-0.39, 0.29) is 5.60 Å². The third-order valence-electron chi connectivity index (χ3n) is 7.02. The quantitative estimate of drug-likeness (QED) is 0.738. The molecule has 3 rings (SSSR count). The topological polar surface area (TPSA) is 20.2 Å². The van der Waals surface area contributed by atoms with E-state index in [9.17, 15) is 5.11 Å². The lowest BCUT2D eigenvalue weighted by atomic mass is 9.61. The molecule has 0 saturated heterocycles. The van der Waals surface area contributed by atoms with Gasteiger partial charge in [0.1, 0.15) is 0 Å². The van der Waals surface area contributed by atoms with E-state index in [1.165, 1.54) is 70.6 Å². The van der Waals surface area contributed by atoms with Crippen LogP contribution in [-0.2, 0) is 0 Å². The van der Waals surface area contributed by atoms with Gasteiger partial charge in [0, 0.05) is 0 Å². The van der Waals surface area contributed by atoms with Crippen molar-refractivity contribution in [1.82, 2.24) is 0 Å². The van der Waals surface area contributed by atoms with Gasteiger partial charge in [0.25, 0.3) is 0 Å². The summed E-state index contributed by atoms with van der Waals surface area (Å²) in [6, 6.07) is 0. The summed E-state index contributed by atoms with van der Waals surface area (Å²) in [6.07, 6.45) is 17.3. The molecule has 0 aromatic carbocycles. The maximum absolute atomic E-state index is 11.1. The highest BCUT2D eigenvalue weighted by molar-refractivity contribution is 4.99. The Hall–Kier alpha value is -0.0400. The molecule has 0 aliphatic heterocycles. The summed E-state index contributed by atoms with van der Waals surface area (Å²) in [5, 5.41) is 11.1. The summed E-state index contributed by atoms with van der Waals surface area (Å²) in [4.78, 5) is 0. The van der Waals surface area contributed by atoms with Crippen molar-refractivity contribution in [3.05, 3.63) is 0 Å². The number of rotatable bonds is 2. The van der Waals surface area contributed by atoms with Gasteiger partial charge >= 0.3 is 0 Å². The largest absolute Gasteiger partial charge is 0.390 e. The average Bonchev–Trinajstić information content (AvgIpc) is 2.92. The first kappa shape index (κ1) is 13.9. The summed E-state index contributed by atoms with van der Waals surface area (Å²) >= 11 is 0. The predicted octanol–water partition coefficient (Wildman–Crippen LogP) is 5.07. The molecule has 0 amide bonds. The molecule has 1 N–H and O–H groups in total. The molecular formula is C18H32O. The van der Waals surface area contributed by atoms with Crippen LogP contribution in [0, 0.1) is 17.3 Å². The van der Waals surface area contributed by atoms with E-state index in [2.05, 4.69) is 6.92 Å². The van der Waals surface area contributed by atoms with Gasteiger partial charge in [-0.25, -0.2) is 0 Å². The highest BCUT2D eigenvalue weighted by Crippen LogP contribution is 2.54. The van der Waals surface area contributed by atoms with Crippen LogP contribution in [0.4, 0.5) is 0 Å². The van der Waals surface area contributed by atoms with Crippen LogP contribution in [-0.4, -0.2) is 10.7 Å². The Kier molecular flexibility index (Phi) is 3.95. The normalized spacial score (nSPS) is 37.6. The fourth-order valence-electron chi connectivity index (χ4n) is 5.35. The summed E-state index contributed by atoms with van der Waals surface area (Å²) in [7, 11) is 0. The van der Waals surface area contributed by atoms with E-state index in [4.69, 9.17) is 0 Å². The van der Waals surface area contributed by atoms with Gasteiger partial charge in [0.05, 0.1) is 5.60 Å². The van der Waals surface area contributed by atoms with Crippen LogP contribution in [0.5, 0.6) is 0 Å². The zero-order valence-electron chi connectivity index (χ0n) is 12.8. The molecule has 0 aromatic heterocycles. The molecule has 3 aliphatic carbocycles. The maximum Gasteiger partial charge on any atom is 0.0676 e. The lowest BCUT2D eigenvalue weighted by Crippen LogP contribution is -2.45. The second-order valence-electron chi connectivity index (χ2n) is 7.94. The standard InChI is InChI=1S/C18H32O/c1-2-15-5-7-16(8-6-15)18(19)13-11-17(12-14-18)9-3-4-10-17/h15-16,19H,2-14H2,1H3. The Balaban J connectivity index is 1.56. The van der Waals surface area contributed by atoms with Crippen molar-refractivity contribution in [2.45, 2.75) is 96.0 Å². The van der Waals surface area contributed by atoms with Gasteiger partial charge in [-0.05, 0) is 68.6 Å². The van der Waals surface area contributed by atoms with Gasteiger partial charge in [0.15, 0.2) is 0 Å². The third kappa shape index (κ3) is 2.73. The second kappa shape index (κ2) is 5.39. The molecule has 19 heavy (non-hydrogen) atoms. The molecule has 0 atom stereocenters. The summed E-state index contributed by atoms with van der Waals surface area (Å²) < 4.78 is 0. The van der Waals surface area contributed by atoms with Crippen molar-refractivity contribution in [2.24, 2.45) is 17.3 Å². The highest BCUT2D eigenvalue weighted by atomic mass is 16.3. The van der Waals surface area contributed by atoms with E-state index < -0.39 is 0 Å². The highest BCUT2D eigenvalue weighted by Gasteiger charge is 2.46. The van der Waals surface area contributed by atoms with Gasteiger partial charge in [-0.1, -0.05) is 39.0 Å². The zero-order chi connectivity index (χ0) is 13.3. The number of hydrogen-bond donors (Lipinski definition) is 1. The van der Waals surface area contributed by atoms with Crippen molar-refractivity contribution in [1.29, 1.82) is 0 Å². The van der Waals surface area contributed by atoms with Gasteiger partial charge in [-0.3, -0.25) is 0 Å². The molecule has 1 spiro atoms. The van der Waals surface area contributed by atoms with Crippen LogP contribution in [0.25, 0.3) is 0 Å². The van der Waals surface area contributed by atoms with Crippen LogP contribution in [0.3, 0.4) is 0 Å². The van der Waals surface area contributed by atoms with Gasteiger partial charge < -0.3 is 5.11 Å². The Morgan fingerprint density at radius 1 is 0.842 bits per heavy atom. The molecular weight excluding hydrogens is 232 g/mol. The summed E-state index contributed by atoms with van der Waals surface area (Å²) in [6.45, 7) is 2.32. The van der Waals surface area contributed by atoms with Crippen LogP contribution >= 0.6 is 0 Å². The SMILES string of the molecule is CCC1CCC(C2(O)CCC3(CCCC3)CC2)CC1. The monoisotopic (exact) mass is 264 g/mol. The van der Waals surface area contributed by atoms with E-state index in [0.29, 0.717) is 11.3 Å². The minimum atomic E-state index is -0.285. The van der Waals surface area contributed by atoms with Crippen molar-refractivity contribution in [3.8, 4) is 0 Å². The third-order valence-corrected chi connectivity index (χ3v) is 7.02. The first-order valence-electron chi connectivity index (χ1n) is 8.88. The predicted molar refractivity (Wildman–Crippen MR) is 80.1 cm³/mol.